The first kappa shape index (κ1) is 15.9. The summed E-state index contributed by atoms with van der Waals surface area (Å²) in [5, 5.41) is 8.77. The molecule has 0 saturated heterocycles. The van der Waals surface area contributed by atoms with Crippen molar-refractivity contribution in [2.45, 2.75) is 13.0 Å². The Morgan fingerprint density at radius 3 is 2.95 bits per heavy atom. The zero-order valence-corrected chi connectivity index (χ0v) is 12.0. The molecule has 1 aromatic rings. The summed E-state index contributed by atoms with van der Waals surface area (Å²) in [6.07, 6.45) is 3.24. The van der Waals surface area contributed by atoms with E-state index >= 15 is 0 Å². The van der Waals surface area contributed by atoms with Gasteiger partial charge in [-0.2, -0.15) is 0 Å². The van der Waals surface area contributed by atoms with E-state index in [0.717, 1.165) is 0 Å². The molecule has 0 bridgehead atoms. The molecule has 1 amide bonds. The largest absolute Gasteiger partial charge is 0.383 e. The van der Waals surface area contributed by atoms with Gasteiger partial charge in [-0.25, -0.2) is 0 Å². The van der Waals surface area contributed by atoms with Gasteiger partial charge in [0.2, 0.25) is 5.91 Å². The summed E-state index contributed by atoms with van der Waals surface area (Å²) in [5.74, 6) is 0.385. The minimum atomic E-state index is -0.166. The van der Waals surface area contributed by atoms with Crippen molar-refractivity contribution >= 4 is 17.6 Å². The molecule has 1 atom stereocenters. The van der Waals surface area contributed by atoms with Crippen LogP contribution in [0, 0.1) is 0 Å². The monoisotopic (exact) mass is 279 g/mol. The van der Waals surface area contributed by atoms with Crippen LogP contribution in [0.5, 0.6) is 0 Å². The van der Waals surface area contributed by atoms with E-state index in [1.165, 1.54) is 0 Å². The average molecular weight is 279 g/mol. The molecule has 3 N–H and O–H groups in total. The Hall–Kier alpha value is -2.15. The first-order valence-electron chi connectivity index (χ1n) is 6.31. The summed E-state index contributed by atoms with van der Waals surface area (Å²) < 4.78 is 5.02. The molecule has 0 aliphatic carbocycles. The van der Waals surface area contributed by atoms with E-state index in [9.17, 15) is 4.79 Å². The van der Waals surface area contributed by atoms with E-state index in [1.54, 1.807) is 38.7 Å². The second-order valence-corrected chi connectivity index (χ2v) is 4.22. The number of rotatable bonds is 6. The lowest BCUT2D eigenvalue weighted by Gasteiger charge is -2.16. The van der Waals surface area contributed by atoms with Gasteiger partial charge in [0, 0.05) is 26.4 Å². The predicted octanol–water partition coefficient (Wildman–Crippen LogP) is 0.220. The Labute approximate surface area is 118 Å². The van der Waals surface area contributed by atoms with Crippen molar-refractivity contribution in [3.63, 3.8) is 0 Å². The van der Waals surface area contributed by atoms with Crippen LogP contribution in [0.1, 0.15) is 6.92 Å². The average Bonchev–Trinajstić information content (AvgIpc) is 2.44. The number of ether oxygens (including phenoxy) is 1. The zero-order chi connectivity index (χ0) is 14.8. The molecule has 0 radical (unpaired) electrons. The van der Waals surface area contributed by atoms with E-state index in [-0.39, 0.29) is 18.5 Å². The number of nitrogens with zero attached hydrogens (tertiary/aromatic N) is 2. The first-order valence-corrected chi connectivity index (χ1v) is 6.31. The number of carbonyl (C=O) groups excluding carboxylic acids is 1. The van der Waals surface area contributed by atoms with Gasteiger partial charge in [0.25, 0.3) is 0 Å². The Bertz CT molecular complexity index is 436. The molecule has 7 heteroatoms. The minimum Gasteiger partial charge on any atom is -0.383 e. The van der Waals surface area contributed by atoms with E-state index in [2.05, 4.69) is 25.9 Å². The molecule has 0 aliphatic rings. The molecule has 0 fully saturated rings. The maximum atomic E-state index is 11.7. The predicted molar refractivity (Wildman–Crippen MR) is 78.7 cm³/mol. The lowest BCUT2D eigenvalue weighted by Crippen LogP contribution is -2.46. The standard InChI is InChI=1S/C13H21N5O2/c1-10(9-20-3)17-13(14-2)16-8-12(19)18-11-5-4-6-15-7-11/h4-7,10H,8-9H2,1-3H3,(H,18,19)(H2,14,16,17). The molecule has 0 saturated carbocycles. The summed E-state index contributed by atoms with van der Waals surface area (Å²) >= 11 is 0. The normalized spacial score (nSPS) is 12.7. The maximum Gasteiger partial charge on any atom is 0.243 e. The fraction of sp³-hybridized carbons (Fsp3) is 0.462. The molecule has 0 aliphatic heterocycles. The summed E-state index contributed by atoms with van der Waals surface area (Å²) in [7, 11) is 3.28. The smallest absolute Gasteiger partial charge is 0.243 e. The lowest BCUT2D eigenvalue weighted by molar-refractivity contribution is -0.115. The van der Waals surface area contributed by atoms with E-state index < -0.39 is 0 Å². The third-order valence-electron chi connectivity index (χ3n) is 2.39. The van der Waals surface area contributed by atoms with E-state index in [4.69, 9.17) is 4.74 Å². The van der Waals surface area contributed by atoms with Crippen LogP contribution in [0.25, 0.3) is 0 Å². The number of pyridine rings is 1. The fourth-order valence-electron chi connectivity index (χ4n) is 1.53. The third kappa shape index (κ3) is 6.14. The van der Waals surface area contributed by atoms with Crippen LogP contribution >= 0.6 is 0 Å². The number of carbonyl (C=O) groups is 1. The Kier molecular flexibility index (Phi) is 7.05. The molecule has 1 rings (SSSR count). The van der Waals surface area contributed by atoms with Gasteiger partial charge in [0.15, 0.2) is 5.96 Å². The lowest BCUT2D eigenvalue weighted by atomic mass is 10.4. The van der Waals surface area contributed by atoms with E-state index in [0.29, 0.717) is 18.3 Å². The van der Waals surface area contributed by atoms with Gasteiger partial charge >= 0.3 is 0 Å². The molecular formula is C13H21N5O2. The summed E-state index contributed by atoms with van der Waals surface area (Å²) in [4.78, 5) is 19.7. The number of guanidine groups is 1. The molecule has 1 aromatic heterocycles. The van der Waals surface area contributed by atoms with Crippen LogP contribution < -0.4 is 16.0 Å². The number of methoxy groups -OCH3 is 1. The third-order valence-corrected chi connectivity index (χ3v) is 2.39. The van der Waals surface area contributed by atoms with Crippen molar-refractivity contribution in [3.8, 4) is 0 Å². The fourth-order valence-corrected chi connectivity index (χ4v) is 1.53. The molecule has 1 unspecified atom stereocenters. The Morgan fingerprint density at radius 2 is 2.35 bits per heavy atom. The SMILES string of the molecule is CN=C(NCC(=O)Nc1cccnc1)NC(C)COC. The van der Waals surface area contributed by atoms with Crippen molar-refractivity contribution in [3.05, 3.63) is 24.5 Å². The van der Waals surface area contributed by atoms with Crippen LogP contribution in [0.15, 0.2) is 29.5 Å². The summed E-state index contributed by atoms with van der Waals surface area (Å²) in [6.45, 7) is 2.64. The number of aromatic nitrogens is 1. The number of anilines is 1. The highest BCUT2D eigenvalue weighted by Gasteiger charge is 2.07. The van der Waals surface area contributed by atoms with Crippen LogP contribution in [0.2, 0.25) is 0 Å². The van der Waals surface area contributed by atoms with Gasteiger partial charge < -0.3 is 20.7 Å². The molecule has 110 valence electrons. The topological polar surface area (TPSA) is 87.6 Å². The van der Waals surface area contributed by atoms with Gasteiger partial charge in [-0.3, -0.25) is 14.8 Å². The van der Waals surface area contributed by atoms with E-state index in [1.807, 2.05) is 6.92 Å². The second kappa shape index (κ2) is 8.87. The van der Waals surface area contributed by atoms with Gasteiger partial charge in [-0.1, -0.05) is 0 Å². The van der Waals surface area contributed by atoms with Crippen molar-refractivity contribution < 1.29 is 9.53 Å². The Balaban J connectivity index is 2.35. The molecule has 0 aromatic carbocycles. The highest BCUT2D eigenvalue weighted by atomic mass is 16.5. The minimum absolute atomic E-state index is 0.104. The van der Waals surface area contributed by atoms with Crippen molar-refractivity contribution in [1.29, 1.82) is 0 Å². The summed E-state index contributed by atoms with van der Waals surface area (Å²) in [6, 6.07) is 3.64. The number of hydrogen-bond acceptors (Lipinski definition) is 4. The maximum absolute atomic E-state index is 11.7. The van der Waals surface area contributed by atoms with Crippen molar-refractivity contribution in [2.24, 2.45) is 4.99 Å². The van der Waals surface area contributed by atoms with Crippen molar-refractivity contribution in [2.75, 3.05) is 32.6 Å². The van der Waals surface area contributed by atoms with Gasteiger partial charge in [0.05, 0.1) is 25.0 Å². The molecule has 0 spiro atoms. The second-order valence-electron chi connectivity index (χ2n) is 4.22. The van der Waals surface area contributed by atoms with Crippen LogP contribution in [-0.4, -0.2) is 50.2 Å². The molecule has 1 heterocycles. The Morgan fingerprint density at radius 1 is 1.55 bits per heavy atom. The first-order chi connectivity index (χ1) is 9.65. The van der Waals surface area contributed by atoms with Gasteiger partial charge in [-0.15, -0.1) is 0 Å². The quantitative estimate of drug-likeness (QED) is 0.512. The number of amides is 1. The van der Waals surface area contributed by atoms with Crippen LogP contribution in [0.4, 0.5) is 5.69 Å². The number of aliphatic imine (C=N–C) groups is 1. The highest BCUT2D eigenvalue weighted by molar-refractivity contribution is 5.94. The zero-order valence-electron chi connectivity index (χ0n) is 12.0. The van der Waals surface area contributed by atoms with Crippen molar-refractivity contribution in [1.82, 2.24) is 15.6 Å². The number of hydrogen-bond donors (Lipinski definition) is 3. The summed E-state index contributed by atoms with van der Waals surface area (Å²) in [5.41, 5.74) is 0.662. The highest BCUT2D eigenvalue weighted by Crippen LogP contribution is 2.01. The molecular weight excluding hydrogens is 258 g/mol. The number of nitrogens with one attached hydrogen (secondary N) is 3. The van der Waals surface area contributed by atoms with Gasteiger partial charge in [0.1, 0.15) is 0 Å². The van der Waals surface area contributed by atoms with Gasteiger partial charge in [-0.05, 0) is 19.1 Å². The molecule has 20 heavy (non-hydrogen) atoms. The van der Waals surface area contributed by atoms with Crippen LogP contribution in [0.3, 0.4) is 0 Å². The van der Waals surface area contributed by atoms with Crippen LogP contribution in [-0.2, 0) is 9.53 Å². The molecule has 7 nitrogen and oxygen atoms in total.